The van der Waals surface area contributed by atoms with Crippen molar-refractivity contribution in [3.05, 3.63) is 47.4 Å². The van der Waals surface area contributed by atoms with Crippen molar-refractivity contribution in [1.82, 2.24) is 9.97 Å². The number of hydrogen-bond donors (Lipinski definition) is 0. The number of rotatable bonds is 3. The molecule has 19 heavy (non-hydrogen) atoms. The molecule has 0 fully saturated rings. The molecular formula is C15H13ClN2O. The molecule has 0 aliphatic rings. The fourth-order valence-electron chi connectivity index (χ4n) is 2.17. The highest BCUT2D eigenvalue weighted by molar-refractivity contribution is 6.30. The molecule has 0 saturated heterocycles. The van der Waals surface area contributed by atoms with Gasteiger partial charge < -0.3 is 4.42 Å². The summed E-state index contributed by atoms with van der Waals surface area (Å²) in [6.07, 6.45) is 3.30. The average Bonchev–Trinajstić information content (AvgIpc) is 2.85. The van der Waals surface area contributed by atoms with E-state index >= 15 is 0 Å². The maximum absolute atomic E-state index is 6.16. The molecule has 3 nitrogen and oxygen atoms in total. The Hall–Kier alpha value is -1.87. The van der Waals surface area contributed by atoms with Crippen molar-refractivity contribution >= 4 is 22.6 Å². The van der Waals surface area contributed by atoms with E-state index in [0.29, 0.717) is 5.15 Å². The second-order valence-corrected chi connectivity index (χ2v) is 4.75. The lowest BCUT2D eigenvalue weighted by Crippen LogP contribution is -1.95. The molecule has 2 aromatic heterocycles. The largest absolute Gasteiger partial charge is 0.454 e. The van der Waals surface area contributed by atoms with Crippen LogP contribution in [0.3, 0.4) is 0 Å². The lowest BCUT2D eigenvalue weighted by atomic mass is 10.1. The van der Waals surface area contributed by atoms with E-state index in [1.165, 1.54) is 6.33 Å². The van der Waals surface area contributed by atoms with Crippen molar-refractivity contribution < 1.29 is 4.42 Å². The van der Waals surface area contributed by atoms with E-state index in [1.54, 1.807) is 0 Å². The second-order valence-electron chi connectivity index (χ2n) is 4.39. The van der Waals surface area contributed by atoms with Crippen LogP contribution in [0.4, 0.5) is 0 Å². The lowest BCUT2D eigenvalue weighted by Gasteiger charge is -2.05. The highest BCUT2D eigenvalue weighted by Crippen LogP contribution is 2.31. The average molecular weight is 273 g/mol. The van der Waals surface area contributed by atoms with E-state index in [-0.39, 0.29) is 0 Å². The van der Waals surface area contributed by atoms with Crippen molar-refractivity contribution in [2.24, 2.45) is 0 Å². The Kier molecular flexibility index (Phi) is 3.22. The molecule has 96 valence electrons. The van der Waals surface area contributed by atoms with Gasteiger partial charge in [0.15, 0.2) is 5.76 Å². The van der Waals surface area contributed by atoms with Crippen LogP contribution in [0.25, 0.3) is 22.4 Å². The third kappa shape index (κ3) is 2.22. The van der Waals surface area contributed by atoms with Crippen LogP contribution in [0.15, 0.2) is 41.1 Å². The Morgan fingerprint density at radius 2 is 2.05 bits per heavy atom. The van der Waals surface area contributed by atoms with E-state index in [4.69, 9.17) is 16.0 Å². The van der Waals surface area contributed by atoms with Crippen molar-refractivity contribution in [1.29, 1.82) is 0 Å². The fraction of sp³-hybridized carbons (Fsp3) is 0.200. The number of benzene rings is 1. The second kappa shape index (κ2) is 5.02. The maximum atomic E-state index is 6.16. The molecule has 0 radical (unpaired) electrons. The zero-order valence-corrected chi connectivity index (χ0v) is 11.3. The van der Waals surface area contributed by atoms with Gasteiger partial charge in [-0.05, 0) is 18.6 Å². The third-order valence-corrected chi connectivity index (χ3v) is 3.38. The molecule has 0 amide bonds. The smallest absolute Gasteiger partial charge is 0.154 e. The minimum Gasteiger partial charge on any atom is -0.454 e. The van der Waals surface area contributed by atoms with E-state index in [0.717, 1.165) is 40.8 Å². The first-order valence-corrected chi connectivity index (χ1v) is 6.65. The minimum atomic E-state index is 0.507. The Morgan fingerprint density at radius 3 is 2.84 bits per heavy atom. The van der Waals surface area contributed by atoms with Crippen LogP contribution in [-0.2, 0) is 6.42 Å². The van der Waals surface area contributed by atoms with E-state index < -0.39 is 0 Å². The normalized spacial score (nSPS) is 11.1. The van der Waals surface area contributed by atoms with Crippen LogP contribution in [0, 0.1) is 0 Å². The number of hydrogen-bond acceptors (Lipinski definition) is 3. The van der Waals surface area contributed by atoms with Gasteiger partial charge in [-0.3, -0.25) is 0 Å². The first-order chi connectivity index (χ1) is 9.29. The summed E-state index contributed by atoms with van der Waals surface area (Å²) in [7, 11) is 0. The van der Waals surface area contributed by atoms with Gasteiger partial charge >= 0.3 is 0 Å². The third-order valence-electron chi connectivity index (χ3n) is 3.05. The highest BCUT2D eigenvalue weighted by Gasteiger charge is 2.14. The van der Waals surface area contributed by atoms with Gasteiger partial charge in [0, 0.05) is 10.9 Å². The number of nitrogens with zero attached hydrogens (tertiary/aromatic N) is 2. The standard InChI is InChI=1S/C15H13ClN2O/c1-2-5-11-14(17-9-18-15(11)16)13-8-10-6-3-4-7-12(10)19-13/h3-4,6-9H,2,5H2,1H3. The summed E-state index contributed by atoms with van der Waals surface area (Å²) >= 11 is 6.16. The van der Waals surface area contributed by atoms with Crippen LogP contribution in [0.1, 0.15) is 18.9 Å². The summed E-state index contributed by atoms with van der Waals surface area (Å²) in [5.41, 5.74) is 2.60. The molecule has 0 atom stereocenters. The van der Waals surface area contributed by atoms with Crippen molar-refractivity contribution in [3.63, 3.8) is 0 Å². The van der Waals surface area contributed by atoms with Crippen LogP contribution in [0.5, 0.6) is 0 Å². The molecule has 4 heteroatoms. The van der Waals surface area contributed by atoms with Gasteiger partial charge in [0.05, 0.1) is 0 Å². The lowest BCUT2D eigenvalue weighted by molar-refractivity contribution is 0.626. The van der Waals surface area contributed by atoms with Crippen molar-refractivity contribution in [2.45, 2.75) is 19.8 Å². The van der Waals surface area contributed by atoms with Crippen molar-refractivity contribution in [2.75, 3.05) is 0 Å². The zero-order chi connectivity index (χ0) is 13.2. The topological polar surface area (TPSA) is 38.9 Å². The maximum Gasteiger partial charge on any atom is 0.154 e. The Bertz CT molecular complexity index is 688. The predicted molar refractivity (Wildman–Crippen MR) is 76.2 cm³/mol. The van der Waals surface area contributed by atoms with Gasteiger partial charge in [-0.15, -0.1) is 0 Å². The van der Waals surface area contributed by atoms with E-state index in [9.17, 15) is 0 Å². The summed E-state index contributed by atoms with van der Waals surface area (Å²) < 4.78 is 5.85. The number of furan rings is 1. The first-order valence-electron chi connectivity index (χ1n) is 6.28. The number of aromatic nitrogens is 2. The summed E-state index contributed by atoms with van der Waals surface area (Å²) in [5.74, 6) is 0.744. The molecule has 0 bridgehead atoms. The molecule has 0 unspecified atom stereocenters. The molecule has 3 aromatic rings. The Labute approximate surface area is 116 Å². The molecule has 0 aliphatic heterocycles. The van der Waals surface area contributed by atoms with Gasteiger partial charge in [-0.1, -0.05) is 43.1 Å². The SMILES string of the molecule is CCCc1c(Cl)ncnc1-c1cc2ccccc2o1. The van der Waals surface area contributed by atoms with Crippen LogP contribution >= 0.6 is 11.6 Å². The van der Waals surface area contributed by atoms with Gasteiger partial charge in [0.1, 0.15) is 22.8 Å². The summed E-state index contributed by atoms with van der Waals surface area (Å²) in [4.78, 5) is 8.38. The quantitative estimate of drug-likeness (QED) is 0.659. The Balaban J connectivity index is 2.18. The Morgan fingerprint density at radius 1 is 1.21 bits per heavy atom. The van der Waals surface area contributed by atoms with Crippen molar-refractivity contribution in [3.8, 4) is 11.5 Å². The molecule has 3 rings (SSSR count). The fourth-order valence-corrected chi connectivity index (χ4v) is 2.40. The summed E-state index contributed by atoms with van der Waals surface area (Å²) in [6.45, 7) is 2.10. The molecule has 0 N–H and O–H groups in total. The number of halogens is 1. The van der Waals surface area contributed by atoms with Gasteiger partial charge in [-0.2, -0.15) is 0 Å². The molecule has 0 aliphatic carbocycles. The summed E-state index contributed by atoms with van der Waals surface area (Å²) in [5, 5.41) is 1.57. The predicted octanol–water partition coefficient (Wildman–Crippen LogP) is 4.50. The molecule has 0 spiro atoms. The molecule has 0 saturated carbocycles. The zero-order valence-electron chi connectivity index (χ0n) is 10.6. The molecular weight excluding hydrogens is 260 g/mol. The van der Waals surface area contributed by atoms with E-state index in [2.05, 4.69) is 16.9 Å². The number of fused-ring (bicyclic) bond motifs is 1. The van der Waals surface area contributed by atoms with Gasteiger partial charge in [0.25, 0.3) is 0 Å². The first kappa shape index (κ1) is 12.2. The monoisotopic (exact) mass is 272 g/mol. The van der Waals surface area contributed by atoms with Crippen LogP contribution in [0.2, 0.25) is 5.15 Å². The highest BCUT2D eigenvalue weighted by atomic mass is 35.5. The van der Waals surface area contributed by atoms with E-state index in [1.807, 2.05) is 30.3 Å². The summed E-state index contributed by atoms with van der Waals surface area (Å²) in [6, 6.07) is 9.90. The van der Waals surface area contributed by atoms with Crippen LogP contribution < -0.4 is 0 Å². The number of para-hydroxylation sites is 1. The van der Waals surface area contributed by atoms with Crippen LogP contribution in [-0.4, -0.2) is 9.97 Å². The minimum absolute atomic E-state index is 0.507. The molecule has 2 heterocycles. The van der Waals surface area contributed by atoms with Gasteiger partial charge in [-0.25, -0.2) is 9.97 Å². The molecule has 1 aromatic carbocycles. The van der Waals surface area contributed by atoms with Gasteiger partial charge in [0.2, 0.25) is 0 Å².